The summed E-state index contributed by atoms with van der Waals surface area (Å²) in [6.45, 7) is 0.460. The summed E-state index contributed by atoms with van der Waals surface area (Å²) >= 11 is 5.82. The van der Waals surface area contributed by atoms with Gasteiger partial charge >= 0.3 is 6.18 Å². The lowest BCUT2D eigenvalue weighted by Crippen LogP contribution is -2.46. The van der Waals surface area contributed by atoms with Crippen LogP contribution >= 0.6 is 11.6 Å². The normalized spacial score (nSPS) is 16.2. The molecule has 0 bridgehead atoms. The molecule has 2 aromatic heterocycles. The van der Waals surface area contributed by atoms with Crippen LogP contribution in [0.1, 0.15) is 39.4 Å². The zero-order chi connectivity index (χ0) is 23.8. The van der Waals surface area contributed by atoms with Crippen molar-refractivity contribution in [2.45, 2.75) is 25.1 Å². The van der Waals surface area contributed by atoms with Gasteiger partial charge in [-0.05, 0) is 12.8 Å². The molecule has 3 heterocycles. The van der Waals surface area contributed by atoms with E-state index in [0.717, 1.165) is 19.5 Å². The van der Waals surface area contributed by atoms with Gasteiger partial charge in [0.15, 0.2) is 11.4 Å². The Morgan fingerprint density at radius 2 is 1.88 bits per heavy atom. The Morgan fingerprint density at radius 3 is 2.44 bits per heavy atom. The molecule has 1 aliphatic heterocycles. The smallest absolute Gasteiger partial charge is 0.348 e. The molecule has 1 saturated heterocycles. The molecule has 0 spiro atoms. The molecule has 0 aromatic carbocycles. The summed E-state index contributed by atoms with van der Waals surface area (Å²) in [5.41, 5.74) is -2.76. The van der Waals surface area contributed by atoms with Gasteiger partial charge in [0.1, 0.15) is 10.7 Å². The number of carbonyl (C=O) groups excluding carboxylic acids is 2. The van der Waals surface area contributed by atoms with Crippen LogP contribution < -0.4 is 10.6 Å². The van der Waals surface area contributed by atoms with E-state index in [2.05, 4.69) is 25.9 Å². The first-order valence-electron chi connectivity index (χ1n) is 9.19. The molecular weight excluding hydrogens is 479 g/mol. The number of hydrogen-bond acceptors (Lipinski definition) is 6. The average Bonchev–Trinajstić information content (AvgIpc) is 3.26. The molecule has 2 amide bonds. The maximum Gasteiger partial charge on any atom is 0.436 e. The van der Waals surface area contributed by atoms with E-state index in [-0.39, 0.29) is 30.5 Å². The zero-order valence-corrected chi connectivity index (χ0v) is 18.4. The number of rotatable bonds is 5. The minimum absolute atomic E-state index is 0.158. The number of carbonyl (C=O) groups is 2. The molecule has 0 unspecified atom stereocenters. The third kappa shape index (κ3) is 5.05. The van der Waals surface area contributed by atoms with Crippen molar-refractivity contribution in [2.75, 3.05) is 24.7 Å². The number of piperidine rings is 1. The Kier molecular flexibility index (Phi) is 6.53. The van der Waals surface area contributed by atoms with Crippen LogP contribution in [0.4, 0.5) is 18.9 Å². The lowest BCUT2D eigenvalue weighted by atomic mass is 10.1. The van der Waals surface area contributed by atoms with Gasteiger partial charge in [0, 0.05) is 32.4 Å². The summed E-state index contributed by atoms with van der Waals surface area (Å²) in [5.74, 6) is -1.90. The minimum atomic E-state index is -4.92. The van der Waals surface area contributed by atoms with Gasteiger partial charge in [-0.3, -0.25) is 19.4 Å². The van der Waals surface area contributed by atoms with Gasteiger partial charge < -0.3 is 10.6 Å². The number of nitrogens with one attached hydrogen (secondary N) is 3. The number of sulfonamides is 1. The molecule has 2 aromatic rings. The monoisotopic (exact) mass is 497 g/mol. The van der Waals surface area contributed by atoms with Crippen LogP contribution in [0.2, 0.25) is 5.15 Å². The van der Waals surface area contributed by atoms with Crippen molar-refractivity contribution in [2.24, 2.45) is 7.05 Å². The van der Waals surface area contributed by atoms with Crippen LogP contribution in [0.15, 0.2) is 6.20 Å². The molecule has 1 aliphatic rings. The number of aromatic nitrogens is 4. The molecule has 3 N–H and O–H groups in total. The maximum atomic E-state index is 13.2. The van der Waals surface area contributed by atoms with Gasteiger partial charge in [0.2, 0.25) is 10.0 Å². The molecule has 16 heteroatoms. The number of aryl methyl sites for hydroxylation is 1. The lowest BCUT2D eigenvalue weighted by Gasteiger charge is -2.30. The van der Waals surface area contributed by atoms with Crippen molar-refractivity contribution in [1.29, 1.82) is 0 Å². The van der Waals surface area contributed by atoms with Gasteiger partial charge in [-0.25, -0.2) is 12.7 Å². The predicted octanol–water partition coefficient (Wildman–Crippen LogP) is 1.22. The summed E-state index contributed by atoms with van der Waals surface area (Å²) in [7, 11) is -2.17. The maximum absolute atomic E-state index is 13.2. The van der Waals surface area contributed by atoms with Crippen LogP contribution in [-0.4, -0.2) is 69.9 Å². The zero-order valence-electron chi connectivity index (χ0n) is 16.8. The quantitative estimate of drug-likeness (QED) is 0.567. The van der Waals surface area contributed by atoms with E-state index in [1.807, 2.05) is 0 Å². The van der Waals surface area contributed by atoms with Crippen LogP contribution in [0, 0.1) is 0 Å². The topological polar surface area (TPSA) is 142 Å². The molecule has 32 heavy (non-hydrogen) atoms. The van der Waals surface area contributed by atoms with Crippen LogP contribution in [0.25, 0.3) is 0 Å². The van der Waals surface area contributed by atoms with Crippen LogP contribution in [-0.2, 0) is 23.2 Å². The number of amides is 2. The molecule has 0 aliphatic carbocycles. The third-order valence-corrected chi connectivity index (χ3v) is 6.57. The molecule has 1 fully saturated rings. The Labute approximate surface area is 185 Å². The van der Waals surface area contributed by atoms with Gasteiger partial charge in [-0.15, -0.1) is 0 Å². The van der Waals surface area contributed by atoms with Gasteiger partial charge in [0.25, 0.3) is 11.8 Å². The van der Waals surface area contributed by atoms with Crippen LogP contribution in [0.5, 0.6) is 0 Å². The highest BCUT2D eigenvalue weighted by Crippen LogP contribution is 2.34. The van der Waals surface area contributed by atoms with E-state index in [4.69, 9.17) is 11.6 Å². The van der Waals surface area contributed by atoms with E-state index in [1.165, 1.54) is 4.31 Å². The van der Waals surface area contributed by atoms with Crippen molar-refractivity contribution >= 4 is 39.1 Å². The first-order valence-corrected chi connectivity index (χ1v) is 11.4. The third-order valence-electron chi connectivity index (χ3n) is 4.83. The summed E-state index contributed by atoms with van der Waals surface area (Å²) in [6, 6.07) is -0.342. The second kappa shape index (κ2) is 8.71. The first kappa shape index (κ1) is 24.0. The van der Waals surface area contributed by atoms with Gasteiger partial charge in [-0.1, -0.05) is 11.6 Å². The number of hydrogen-bond donors (Lipinski definition) is 3. The van der Waals surface area contributed by atoms with Crippen LogP contribution in [0.3, 0.4) is 0 Å². The first-order chi connectivity index (χ1) is 14.8. The average molecular weight is 498 g/mol. The number of anilines is 1. The highest BCUT2D eigenvalue weighted by Gasteiger charge is 2.41. The van der Waals surface area contributed by atoms with E-state index in [0.29, 0.717) is 17.5 Å². The summed E-state index contributed by atoms with van der Waals surface area (Å²) in [6.07, 6.45) is -1.95. The lowest BCUT2D eigenvalue weighted by molar-refractivity contribution is -0.141. The van der Waals surface area contributed by atoms with E-state index in [9.17, 15) is 31.2 Å². The van der Waals surface area contributed by atoms with E-state index < -0.39 is 44.4 Å². The SMILES string of the molecule is Cn1nc(C(F)(F)F)c(C(=O)Nc2c[nH]nc2C(=O)NC2CCN(S(C)(=O)=O)CC2)c1Cl. The number of nitrogens with zero attached hydrogens (tertiary/aromatic N) is 4. The fourth-order valence-corrected chi connectivity index (χ4v) is 4.32. The molecule has 3 rings (SSSR count). The fourth-order valence-electron chi connectivity index (χ4n) is 3.23. The molecular formula is C16H19ClF3N7O4S. The number of H-pyrrole nitrogens is 1. The molecule has 176 valence electrons. The van der Waals surface area contributed by atoms with E-state index >= 15 is 0 Å². The predicted molar refractivity (Wildman–Crippen MR) is 107 cm³/mol. The fraction of sp³-hybridized carbons (Fsp3) is 0.500. The second-order valence-electron chi connectivity index (χ2n) is 7.15. The Morgan fingerprint density at radius 1 is 1.25 bits per heavy atom. The Hall–Kier alpha value is -2.65. The standard InChI is InChI=1S/C16H19ClF3N7O4S/c1-26-13(17)10(12(25-26)16(18,19)20)14(28)23-9-7-21-24-11(9)15(29)22-8-3-5-27(6-4-8)32(2,30)31/h7-8H,3-6H2,1-2H3,(H,21,24)(H,22,29)(H,23,28). The van der Waals surface area contributed by atoms with Crippen molar-refractivity contribution in [3.63, 3.8) is 0 Å². The van der Waals surface area contributed by atoms with Gasteiger partial charge in [0.05, 0.1) is 11.9 Å². The molecule has 11 nitrogen and oxygen atoms in total. The summed E-state index contributed by atoms with van der Waals surface area (Å²) in [4.78, 5) is 25.1. The Balaban J connectivity index is 1.72. The highest BCUT2D eigenvalue weighted by molar-refractivity contribution is 7.88. The van der Waals surface area contributed by atoms with Crippen molar-refractivity contribution in [3.05, 3.63) is 28.3 Å². The number of halogens is 4. The van der Waals surface area contributed by atoms with Crippen molar-refractivity contribution in [3.8, 4) is 0 Å². The number of alkyl halides is 3. The highest BCUT2D eigenvalue weighted by atomic mass is 35.5. The Bertz CT molecular complexity index is 1140. The van der Waals surface area contributed by atoms with E-state index in [1.54, 1.807) is 0 Å². The minimum Gasteiger partial charge on any atom is -0.348 e. The van der Waals surface area contributed by atoms with Crippen molar-refractivity contribution < 1.29 is 31.2 Å². The largest absolute Gasteiger partial charge is 0.436 e. The molecule has 0 atom stereocenters. The van der Waals surface area contributed by atoms with Crippen molar-refractivity contribution in [1.82, 2.24) is 29.6 Å². The number of aromatic amines is 1. The summed E-state index contributed by atoms with van der Waals surface area (Å²) in [5, 5.41) is 13.7. The summed E-state index contributed by atoms with van der Waals surface area (Å²) < 4.78 is 64.8. The molecule has 0 saturated carbocycles. The van der Waals surface area contributed by atoms with Gasteiger partial charge in [-0.2, -0.15) is 23.4 Å². The second-order valence-corrected chi connectivity index (χ2v) is 9.49. The molecule has 0 radical (unpaired) electrons.